The quantitative estimate of drug-likeness (QED) is 0.361. The molecule has 0 heterocycles. The molecule has 0 spiro atoms. The normalized spacial score (nSPS) is 12.3. The number of rotatable bonds is 5. The maximum atomic E-state index is 13.3. The standard InChI is InChI=1S/C15H14FN3O2/c1-3-21-15(20)11(2)9-14(19-18-8-7-17)12-5-4-6-13(16)10-12/h4-6,8-10H,3H2,1-2H3/b11-9+,18-8-,19-14+. The first kappa shape index (κ1) is 16.2. The smallest absolute Gasteiger partial charge is 0.333 e. The Morgan fingerprint density at radius 1 is 1.52 bits per heavy atom. The minimum atomic E-state index is -0.495. The van der Waals surface area contributed by atoms with Crippen molar-refractivity contribution in [2.75, 3.05) is 6.61 Å². The molecule has 0 amide bonds. The van der Waals surface area contributed by atoms with Crippen LogP contribution in [0.25, 0.3) is 0 Å². The summed E-state index contributed by atoms with van der Waals surface area (Å²) in [5.74, 6) is -0.933. The number of allylic oxidation sites excluding steroid dienone is 1. The fourth-order valence-electron chi connectivity index (χ4n) is 1.44. The molecule has 1 rings (SSSR count). The molecule has 108 valence electrons. The van der Waals surface area contributed by atoms with Gasteiger partial charge in [-0.3, -0.25) is 0 Å². The highest BCUT2D eigenvalue weighted by molar-refractivity contribution is 6.12. The molecule has 0 aromatic heterocycles. The maximum absolute atomic E-state index is 13.3. The van der Waals surface area contributed by atoms with Crippen LogP contribution >= 0.6 is 0 Å². The van der Waals surface area contributed by atoms with Gasteiger partial charge in [0.25, 0.3) is 0 Å². The first-order valence-electron chi connectivity index (χ1n) is 6.19. The van der Waals surface area contributed by atoms with Crippen LogP contribution in [-0.2, 0) is 9.53 Å². The molecule has 0 bridgehead atoms. The molecule has 0 N–H and O–H groups in total. The summed E-state index contributed by atoms with van der Waals surface area (Å²) in [4.78, 5) is 11.6. The number of benzene rings is 1. The Morgan fingerprint density at radius 2 is 2.29 bits per heavy atom. The molecule has 0 aliphatic carbocycles. The Bertz CT molecular complexity index is 643. The van der Waals surface area contributed by atoms with E-state index >= 15 is 0 Å². The van der Waals surface area contributed by atoms with Crippen LogP contribution in [0.5, 0.6) is 0 Å². The monoisotopic (exact) mass is 287 g/mol. The van der Waals surface area contributed by atoms with Crippen molar-refractivity contribution in [3.8, 4) is 6.07 Å². The third-order valence-corrected chi connectivity index (χ3v) is 2.35. The Hall–Kier alpha value is -2.81. The van der Waals surface area contributed by atoms with E-state index in [2.05, 4.69) is 10.2 Å². The average molecular weight is 287 g/mol. The summed E-state index contributed by atoms with van der Waals surface area (Å²) in [5.41, 5.74) is 0.993. The summed E-state index contributed by atoms with van der Waals surface area (Å²) in [6.45, 7) is 3.51. The van der Waals surface area contributed by atoms with E-state index in [1.807, 2.05) is 0 Å². The fourth-order valence-corrected chi connectivity index (χ4v) is 1.44. The van der Waals surface area contributed by atoms with Crippen molar-refractivity contribution < 1.29 is 13.9 Å². The van der Waals surface area contributed by atoms with Crippen LogP contribution in [0.1, 0.15) is 19.4 Å². The summed E-state index contributed by atoms with van der Waals surface area (Å²) >= 11 is 0. The molecule has 0 saturated heterocycles. The summed E-state index contributed by atoms with van der Waals surface area (Å²) in [6.07, 6.45) is 2.37. The molecule has 5 nitrogen and oxygen atoms in total. The van der Waals surface area contributed by atoms with Crippen molar-refractivity contribution in [2.45, 2.75) is 13.8 Å². The second-order valence-electron chi connectivity index (χ2n) is 3.92. The zero-order valence-corrected chi connectivity index (χ0v) is 11.7. The average Bonchev–Trinajstić information content (AvgIpc) is 2.46. The first-order chi connectivity index (χ1) is 10.1. The molecular weight excluding hydrogens is 273 g/mol. The van der Waals surface area contributed by atoms with Gasteiger partial charge in [0.1, 0.15) is 18.1 Å². The minimum absolute atomic E-state index is 0.253. The maximum Gasteiger partial charge on any atom is 0.333 e. The van der Waals surface area contributed by atoms with Gasteiger partial charge in [0, 0.05) is 11.1 Å². The van der Waals surface area contributed by atoms with Crippen molar-refractivity contribution in [2.24, 2.45) is 10.2 Å². The zero-order valence-electron chi connectivity index (χ0n) is 11.7. The van der Waals surface area contributed by atoms with Crippen LogP contribution in [0.3, 0.4) is 0 Å². The molecule has 1 aromatic rings. The lowest BCUT2D eigenvalue weighted by Crippen LogP contribution is -2.08. The first-order valence-corrected chi connectivity index (χ1v) is 6.19. The van der Waals surface area contributed by atoms with E-state index in [0.29, 0.717) is 11.1 Å². The number of hydrogen-bond donors (Lipinski definition) is 0. The predicted molar refractivity (Wildman–Crippen MR) is 77.4 cm³/mol. The highest BCUT2D eigenvalue weighted by Gasteiger charge is 2.08. The Balaban J connectivity index is 3.18. The fraction of sp³-hybridized carbons (Fsp3) is 0.200. The van der Waals surface area contributed by atoms with Gasteiger partial charge >= 0.3 is 5.97 Å². The number of halogens is 1. The number of carbonyl (C=O) groups is 1. The molecule has 1 aromatic carbocycles. The van der Waals surface area contributed by atoms with Gasteiger partial charge in [-0.25, -0.2) is 9.18 Å². The van der Waals surface area contributed by atoms with Crippen molar-refractivity contribution in [1.29, 1.82) is 5.26 Å². The van der Waals surface area contributed by atoms with Crippen molar-refractivity contribution in [3.63, 3.8) is 0 Å². The Kier molecular flexibility index (Phi) is 6.48. The van der Waals surface area contributed by atoms with E-state index in [9.17, 15) is 9.18 Å². The van der Waals surface area contributed by atoms with E-state index in [4.69, 9.17) is 10.00 Å². The van der Waals surface area contributed by atoms with Gasteiger partial charge in [-0.1, -0.05) is 12.1 Å². The van der Waals surface area contributed by atoms with Gasteiger partial charge < -0.3 is 4.74 Å². The van der Waals surface area contributed by atoms with E-state index < -0.39 is 11.8 Å². The van der Waals surface area contributed by atoms with Crippen LogP contribution in [0.4, 0.5) is 4.39 Å². The van der Waals surface area contributed by atoms with Crippen LogP contribution in [0.2, 0.25) is 0 Å². The number of hydrogen-bond acceptors (Lipinski definition) is 5. The topological polar surface area (TPSA) is 74.8 Å². The number of ether oxygens (including phenoxy) is 1. The highest BCUT2D eigenvalue weighted by atomic mass is 19.1. The summed E-state index contributed by atoms with van der Waals surface area (Å²) in [6, 6.07) is 7.39. The van der Waals surface area contributed by atoms with Crippen LogP contribution in [-0.4, -0.2) is 24.5 Å². The van der Waals surface area contributed by atoms with Gasteiger partial charge in [-0.15, -0.1) is 10.2 Å². The largest absolute Gasteiger partial charge is 0.463 e. The Morgan fingerprint density at radius 3 is 2.90 bits per heavy atom. The van der Waals surface area contributed by atoms with Crippen LogP contribution < -0.4 is 0 Å². The van der Waals surface area contributed by atoms with Crippen molar-refractivity contribution in [1.82, 2.24) is 0 Å². The molecule has 0 unspecified atom stereocenters. The van der Waals surface area contributed by atoms with E-state index in [0.717, 1.165) is 6.21 Å². The molecule has 0 aliphatic rings. The summed E-state index contributed by atoms with van der Waals surface area (Å²) in [5, 5.41) is 15.8. The van der Waals surface area contributed by atoms with Gasteiger partial charge in [-0.2, -0.15) is 5.26 Å². The number of nitrogens with zero attached hydrogens (tertiary/aromatic N) is 3. The second kappa shape index (κ2) is 8.38. The molecule has 6 heteroatoms. The third-order valence-electron chi connectivity index (χ3n) is 2.35. The molecule has 0 aliphatic heterocycles. The number of carbonyl (C=O) groups excluding carboxylic acids is 1. The van der Waals surface area contributed by atoms with E-state index in [1.165, 1.54) is 24.3 Å². The van der Waals surface area contributed by atoms with Gasteiger partial charge in [0.15, 0.2) is 0 Å². The molecule has 0 atom stereocenters. The van der Waals surface area contributed by atoms with Gasteiger partial charge in [0.2, 0.25) is 0 Å². The molecule has 21 heavy (non-hydrogen) atoms. The highest BCUT2D eigenvalue weighted by Crippen LogP contribution is 2.09. The van der Waals surface area contributed by atoms with Crippen LogP contribution in [0, 0.1) is 17.1 Å². The van der Waals surface area contributed by atoms with Crippen molar-refractivity contribution in [3.05, 3.63) is 47.3 Å². The third kappa shape index (κ3) is 5.37. The molecular formula is C15H14FN3O2. The Labute approximate surface area is 122 Å². The summed E-state index contributed by atoms with van der Waals surface area (Å²) in [7, 11) is 0. The molecule has 0 fully saturated rings. The van der Waals surface area contributed by atoms with Crippen LogP contribution in [0.15, 0.2) is 46.1 Å². The van der Waals surface area contributed by atoms with Crippen molar-refractivity contribution >= 4 is 17.9 Å². The number of esters is 1. The van der Waals surface area contributed by atoms with E-state index in [-0.39, 0.29) is 12.3 Å². The molecule has 0 radical (unpaired) electrons. The van der Waals surface area contributed by atoms with Gasteiger partial charge in [-0.05, 0) is 32.1 Å². The predicted octanol–water partition coefficient (Wildman–Crippen LogP) is 2.63. The summed E-state index contributed by atoms with van der Waals surface area (Å²) < 4.78 is 18.1. The lowest BCUT2D eigenvalue weighted by Gasteiger charge is -2.04. The van der Waals surface area contributed by atoms with E-state index in [1.54, 1.807) is 26.0 Å². The second-order valence-corrected chi connectivity index (χ2v) is 3.92. The lowest BCUT2D eigenvalue weighted by molar-refractivity contribution is -0.138. The molecule has 0 saturated carbocycles. The SMILES string of the molecule is CCOC(=O)/C(C)=C/C(=N\N=C/C#N)c1cccc(F)c1. The number of nitriles is 1. The van der Waals surface area contributed by atoms with Gasteiger partial charge in [0.05, 0.1) is 12.3 Å². The minimum Gasteiger partial charge on any atom is -0.463 e. The lowest BCUT2D eigenvalue weighted by atomic mass is 10.1. The zero-order chi connectivity index (χ0) is 15.7.